The molecule has 1 aliphatic rings. The van der Waals surface area contributed by atoms with Crippen molar-refractivity contribution >= 4 is 6.47 Å². The topological polar surface area (TPSA) is 26.3 Å². The predicted molar refractivity (Wildman–Crippen MR) is 47.6 cm³/mol. The van der Waals surface area contributed by atoms with Gasteiger partial charge in [0.15, 0.2) is 0 Å². The molecule has 0 saturated carbocycles. The molecule has 12 heavy (non-hydrogen) atoms. The maximum atomic E-state index is 10.2. The normalized spacial score (nSPS) is 40.9. The summed E-state index contributed by atoms with van der Waals surface area (Å²) < 4.78 is 5.06. The van der Waals surface area contributed by atoms with Crippen molar-refractivity contribution in [3.8, 4) is 0 Å². The van der Waals surface area contributed by atoms with Crippen LogP contribution in [-0.4, -0.2) is 12.1 Å². The first-order valence-electron chi connectivity index (χ1n) is 4.39. The Hall–Kier alpha value is -0.790. The highest BCUT2D eigenvalue weighted by molar-refractivity contribution is 5.39. The van der Waals surface area contributed by atoms with Gasteiger partial charge in [-0.2, -0.15) is 0 Å². The number of ether oxygens (including phenoxy) is 1. The fourth-order valence-electron chi connectivity index (χ4n) is 1.65. The summed E-state index contributed by atoms with van der Waals surface area (Å²) in [5.74, 6) is 1.01. The molecule has 1 aliphatic carbocycles. The average Bonchev–Trinajstić information content (AvgIpc) is 1.99. The lowest BCUT2D eigenvalue weighted by Crippen LogP contribution is -2.37. The molecule has 0 bridgehead atoms. The van der Waals surface area contributed by atoms with Crippen molar-refractivity contribution in [3.05, 3.63) is 12.2 Å². The summed E-state index contributed by atoms with van der Waals surface area (Å²) in [6, 6.07) is 0. The summed E-state index contributed by atoms with van der Waals surface area (Å²) in [6.45, 7) is 6.78. The first kappa shape index (κ1) is 9.30. The third-order valence-electron chi connectivity index (χ3n) is 2.76. The van der Waals surface area contributed by atoms with Crippen LogP contribution >= 0.6 is 0 Å². The Kier molecular flexibility index (Phi) is 2.55. The van der Waals surface area contributed by atoms with Gasteiger partial charge in [-0.3, -0.25) is 4.79 Å². The van der Waals surface area contributed by atoms with E-state index in [-0.39, 0.29) is 5.60 Å². The van der Waals surface area contributed by atoms with E-state index in [1.807, 2.05) is 13.0 Å². The van der Waals surface area contributed by atoms with Crippen LogP contribution in [0.2, 0.25) is 0 Å². The van der Waals surface area contributed by atoms with E-state index < -0.39 is 0 Å². The van der Waals surface area contributed by atoms with Crippen molar-refractivity contribution in [3.63, 3.8) is 0 Å². The lowest BCUT2D eigenvalue weighted by molar-refractivity contribution is -0.142. The molecule has 0 aliphatic heterocycles. The molecular weight excluding hydrogens is 152 g/mol. The molecule has 0 fully saturated rings. The van der Waals surface area contributed by atoms with Crippen LogP contribution in [0.3, 0.4) is 0 Å². The van der Waals surface area contributed by atoms with Crippen LogP contribution in [0.25, 0.3) is 0 Å². The maximum absolute atomic E-state index is 10.2. The highest BCUT2D eigenvalue weighted by Gasteiger charge is 2.33. The smallest absolute Gasteiger partial charge is 0.293 e. The molecule has 0 aromatic heterocycles. The summed E-state index contributed by atoms with van der Waals surface area (Å²) >= 11 is 0. The minimum atomic E-state index is -0.381. The van der Waals surface area contributed by atoms with Crippen LogP contribution in [-0.2, 0) is 9.53 Å². The van der Waals surface area contributed by atoms with Crippen LogP contribution in [0.5, 0.6) is 0 Å². The van der Waals surface area contributed by atoms with Gasteiger partial charge in [0.25, 0.3) is 6.47 Å². The number of hydrogen-bond acceptors (Lipinski definition) is 2. The Morgan fingerprint density at radius 1 is 1.58 bits per heavy atom. The quantitative estimate of drug-likeness (QED) is 0.466. The molecule has 0 spiro atoms. The second kappa shape index (κ2) is 3.30. The summed E-state index contributed by atoms with van der Waals surface area (Å²) in [4.78, 5) is 10.2. The van der Waals surface area contributed by atoms with Crippen molar-refractivity contribution in [1.82, 2.24) is 0 Å². The van der Waals surface area contributed by atoms with Gasteiger partial charge in [-0.05, 0) is 31.3 Å². The molecule has 3 atom stereocenters. The summed E-state index contributed by atoms with van der Waals surface area (Å²) in [5, 5.41) is 0. The first-order chi connectivity index (χ1) is 5.58. The molecule has 0 aromatic rings. The molecule has 0 amide bonds. The van der Waals surface area contributed by atoms with Crippen molar-refractivity contribution in [2.24, 2.45) is 11.8 Å². The Labute approximate surface area is 73.6 Å². The van der Waals surface area contributed by atoms with Gasteiger partial charge in [-0.1, -0.05) is 19.9 Å². The molecule has 0 heterocycles. The van der Waals surface area contributed by atoms with Crippen molar-refractivity contribution in [1.29, 1.82) is 0 Å². The van der Waals surface area contributed by atoms with Gasteiger partial charge in [0.2, 0.25) is 0 Å². The Morgan fingerprint density at radius 3 is 2.75 bits per heavy atom. The molecule has 0 radical (unpaired) electrons. The van der Waals surface area contributed by atoms with E-state index in [9.17, 15) is 4.79 Å². The van der Waals surface area contributed by atoms with Crippen LogP contribution in [0.15, 0.2) is 12.2 Å². The lowest BCUT2D eigenvalue weighted by atomic mass is 9.78. The van der Waals surface area contributed by atoms with Gasteiger partial charge in [-0.25, -0.2) is 0 Å². The lowest BCUT2D eigenvalue weighted by Gasteiger charge is -2.35. The van der Waals surface area contributed by atoms with E-state index in [0.717, 1.165) is 6.42 Å². The number of hydrogen-bond donors (Lipinski definition) is 0. The van der Waals surface area contributed by atoms with E-state index in [4.69, 9.17) is 4.74 Å². The average molecular weight is 168 g/mol. The van der Waals surface area contributed by atoms with Gasteiger partial charge in [-0.15, -0.1) is 0 Å². The van der Waals surface area contributed by atoms with Crippen molar-refractivity contribution in [2.45, 2.75) is 32.8 Å². The molecule has 0 N–H and O–H groups in total. The fraction of sp³-hybridized carbons (Fsp3) is 0.700. The Bertz CT molecular complexity index is 198. The fourth-order valence-corrected chi connectivity index (χ4v) is 1.65. The zero-order valence-electron chi connectivity index (χ0n) is 7.91. The van der Waals surface area contributed by atoms with E-state index in [2.05, 4.69) is 19.9 Å². The SMILES string of the molecule is CC1C=CC(C)(OC=O)C(C)C1. The van der Waals surface area contributed by atoms with E-state index in [1.54, 1.807) is 0 Å². The van der Waals surface area contributed by atoms with Gasteiger partial charge in [0.1, 0.15) is 5.60 Å². The third-order valence-corrected chi connectivity index (χ3v) is 2.76. The predicted octanol–water partition coefficient (Wildman–Crippen LogP) is 2.15. The highest BCUT2D eigenvalue weighted by Crippen LogP contribution is 2.33. The second-order valence-electron chi connectivity index (χ2n) is 3.87. The largest absolute Gasteiger partial charge is 0.457 e. The zero-order chi connectivity index (χ0) is 9.19. The molecular formula is C10H16O2. The Balaban J connectivity index is 2.75. The first-order valence-corrected chi connectivity index (χ1v) is 4.39. The second-order valence-corrected chi connectivity index (χ2v) is 3.87. The number of carbonyl (C=O) groups excluding carboxylic acids is 1. The molecule has 68 valence electrons. The molecule has 3 unspecified atom stereocenters. The standard InChI is InChI=1S/C10H16O2/c1-8-4-5-10(3,12-7-11)9(2)6-8/h4-5,7-9H,6H2,1-3H3. The summed E-state index contributed by atoms with van der Waals surface area (Å²) in [7, 11) is 0. The van der Waals surface area contributed by atoms with Crippen LogP contribution < -0.4 is 0 Å². The summed E-state index contributed by atoms with van der Waals surface area (Å²) in [6.07, 6.45) is 5.20. The van der Waals surface area contributed by atoms with Crippen LogP contribution in [0, 0.1) is 11.8 Å². The number of rotatable bonds is 2. The molecule has 1 rings (SSSR count). The van der Waals surface area contributed by atoms with Crippen LogP contribution in [0.1, 0.15) is 27.2 Å². The van der Waals surface area contributed by atoms with Crippen molar-refractivity contribution < 1.29 is 9.53 Å². The minimum absolute atomic E-state index is 0.381. The zero-order valence-corrected chi connectivity index (χ0v) is 7.91. The number of allylic oxidation sites excluding steroid dienone is 1. The van der Waals surface area contributed by atoms with Gasteiger partial charge in [0, 0.05) is 0 Å². The summed E-state index contributed by atoms with van der Waals surface area (Å²) in [5.41, 5.74) is -0.381. The molecule has 2 nitrogen and oxygen atoms in total. The molecule has 0 aromatic carbocycles. The van der Waals surface area contributed by atoms with Gasteiger partial charge >= 0.3 is 0 Å². The van der Waals surface area contributed by atoms with Crippen LogP contribution in [0.4, 0.5) is 0 Å². The van der Waals surface area contributed by atoms with E-state index >= 15 is 0 Å². The van der Waals surface area contributed by atoms with Crippen molar-refractivity contribution in [2.75, 3.05) is 0 Å². The van der Waals surface area contributed by atoms with E-state index in [0.29, 0.717) is 18.3 Å². The number of carbonyl (C=O) groups is 1. The Morgan fingerprint density at radius 2 is 2.25 bits per heavy atom. The third kappa shape index (κ3) is 1.68. The monoisotopic (exact) mass is 168 g/mol. The van der Waals surface area contributed by atoms with E-state index in [1.165, 1.54) is 0 Å². The van der Waals surface area contributed by atoms with Gasteiger partial charge in [0.05, 0.1) is 0 Å². The molecule has 2 heteroatoms. The minimum Gasteiger partial charge on any atom is -0.457 e. The van der Waals surface area contributed by atoms with Gasteiger partial charge < -0.3 is 4.74 Å². The molecule has 0 saturated heterocycles. The highest BCUT2D eigenvalue weighted by atomic mass is 16.5. The maximum Gasteiger partial charge on any atom is 0.293 e.